The van der Waals surface area contributed by atoms with Gasteiger partial charge in [-0.25, -0.2) is 0 Å². The predicted molar refractivity (Wildman–Crippen MR) is 93.8 cm³/mol. The lowest BCUT2D eigenvalue weighted by atomic mass is 10.1. The number of anilines is 1. The number of nitrogens with one attached hydrogen (secondary N) is 1. The largest absolute Gasteiger partial charge is 0.465 e. The molecular weight excluding hydrogens is 380 g/mol. The minimum atomic E-state index is -0.539. The number of amides is 2. The van der Waals surface area contributed by atoms with Gasteiger partial charge >= 0.3 is 0 Å². The molecule has 0 spiro atoms. The van der Waals surface area contributed by atoms with Crippen LogP contribution in [-0.2, 0) is 9.59 Å². The van der Waals surface area contributed by atoms with Crippen molar-refractivity contribution in [3.05, 3.63) is 58.0 Å². The zero-order chi connectivity index (χ0) is 16.6. The topological polar surface area (TPSA) is 62.6 Å². The van der Waals surface area contributed by atoms with Gasteiger partial charge in [0.1, 0.15) is 11.3 Å². The molecule has 1 N–H and O–H groups in total. The van der Waals surface area contributed by atoms with E-state index in [1.54, 1.807) is 18.2 Å². The number of nitrogens with zero attached hydrogens (tertiary/aromatic N) is 1. The highest BCUT2D eigenvalue weighted by Gasteiger charge is 2.35. The molecule has 0 aliphatic carbocycles. The van der Waals surface area contributed by atoms with Gasteiger partial charge in [-0.2, -0.15) is 0 Å². The molecule has 5 nitrogen and oxygen atoms in total. The predicted octanol–water partition coefficient (Wildman–Crippen LogP) is 3.18. The highest BCUT2D eigenvalue weighted by Crippen LogP contribution is 2.27. The molecule has 23 heavy (non-hydrogen) atoms. The molecule has 1 fully saturated rings. The van der Waals surface area contributed by atoms with Crippen molar-refractivity contribution in [3.63, 3.8) is 0 Å². The third-order valence-electron chi connectivity index (χ3n) is 3.33. The van der Waals surface area contributed by atoms with E-state index in [2.05, 4.69) is 21.2 Å². The van der Waals surface area contributed by atoms with Crippen molar-refractivity contribution in [2.24, 2.45) is 0 Å². The first-order valence-electron chi connectivity index (χ1n) is 6.68. The van der Waals surface area contributed by atoms with Crippen molar-refractivity contribution in [2.45, 2.75) is 6.92 Å². The second-order valence-corrected chi connectivity index (χ2v) is 6.21. The fraction of sp³-hybridized carbons (Fsp3) is 0.0625. The summed E-state index contributed by atoms with van der Waals surface area (Å²) in [7, 11) is 0. The van der Waals surface area contributed by atoms with Crippen LogP contribution in [0.15, 0.2) is 51.1 Å². The number of rotatable bonds is 2. The van der Waals surface area contributed by atoms with Gasteiger partial charge in [0.25, 0.3) is 11.8 Å². The van der Waals surface area contributed by atoms with E-state index in [0.29, 0.717) is 11.4 Å². The third-order valence-corrected chi connectivity index (χ3v) is 4.11. The monoisotopic (exact) mass is 390 g/mol. The Morgan fingerprint density at radius 1 is 1.30 bits per heavy atom. The van der Waals surface area contributed by atoms with Gasteiger partial charge in [0.2, 0.25) is 0 Å². The molecule has 1 aromatic carbocycles. The van der Waals surface area contributed by atoms with E-state index in [1.165, 1.54) is 17.2 Å². The second-order valence-electron chi connectivity index (χ2n) is 4.90. The number of carbonyl (C=O) groups is 2. The summed E-state index contributed by atoms with van der Waals surface area (Å²) in [6, 6.07) is 8.79. The third kappa shape index (κ3) is 2.97. The van der Waals surface area contributed by atoms with Crippen molar-refractivity contribution in [1.82, 2.24) is 5.32 Å². The molecule has 116 valence electrons. The number of carbonyl (C=O) groups excluding carboxylic acids is 2. The maximum Gasteiger partial charge on any atom is 0.270 e. The van der Waals surface area contributed by atoms with Crippen molar-refractivity contribution in [2.75, 3.05) is 4.90 Å². The van der Waals surface area contributed by atoms with Crippen LogP contribution in [0.4, 0.5) is 5.69 Å². The van der Waals surface area contributed by atoms with Gasteiger partial charge in [0.05, 0.1) is 12.0 Å². The minimum absolute atomic E-state index is 0.0316. The first kappa shape index (κ1) is 15.6. The molecule has 1 aromatic heterocycles. The molecule has 0 atom stereocenters. The fourth-order valence-corrected chi connectivity index (χ4v) is 3.01. The maximum absolute atomic E-state index is 12.8. The van der Waals surface area contributed by atoms with Crippen LogP contribution < -0.4 is 10.2 Å². The number of benzene rings is 1. The van der Waals surface area contributed by atoms with Crippen LogP contribution in [0, 0.1) is 6.92 Å². The number of thiocarbonyl (C=S) groups is 1. The smallest absolute Gasteiger partial charge is 0.270 e. The summed E-state index contributed by atoms with van der Waals surface area (Å²) in [5, 5.41) is 2.60. The minimum Gasteiger partial charge on any atom is -0.465 e. The summed E-state index contributed by atoms with van der Waals surface area (Å²) in [6.07, 6.45) is 2.87. The Morgan fingerprint density at radius 2 is 2.09 bits per heavy atom. The molecule has 3 rings (SSSR count). The highest BCUT2D eigenvalue weighted by molar-refractivity contribution is 9.10. The summed E-state index contributed by atoms with van der Waals surface area (Å²) < 4.78 is 6.07. The van der Waals surface area contributed by atoms with E-state index in [0.717, 1.165) is 10.0 Å². The molecule has 0 bridgehead atoms. The van der Waals surface area contributed by atoms with Crippen molar-refractivity contribution in [1.29, 1.82) is 0 Å². The van der Waals surface area contributed by atoms with E-state index >= 15 is 0 Å². The SMILES string of the molecule is Cc1cc(Br)ccc1N1C(=O)C(=Cc2ccco2)C(=O)NC1=S. The zero-order valence-corrected chi connectivity index (χ0v) is 14.4. The van der Waals surface area contributed by atoms with Crippen molar-refractivity contribution < 1.29 is 14.0 Å². The van der Waals surface area contributed by atoms with Crippen LogP contribution in [0.25, 0.3) is 6.08 Å². The van der Waals surface area contributed by atoms with Crippen molar-refractivity contribution in [3.8, 4) is 0 Å². The number of furan rings is 1. The Balaban J connectivity index is 2.05. The molecular formula is C16H11BrN2O3S. The van der Waals surface area contributed by atoms with Gasteiger partial charge in [0, 0.05) is 4.47 Å². The average Bonchev–Trinajstić information content (AvgIpc) is 2.98. The van der Waals surface area contributed by atoms with Crippen LogP contribution in [-0.4, -0.2) is 16.9 Å². The summed E-state index contributed by atoms with van der Waals surface area (Å²) in [6.45, 7) is 1.86. The average molecular weight is 391 g/mol. The normalized spacial score (nSPS) is 16.9. The molecule has 0 radical (unpaired) electrons. The molecule has 0 saturated carbocycles. The van der Waals surface area contributed by atoms with Crippen LogP contribution in [0.3, 0.4) is 0 Å². The first-order chi connectivity index (χ1) is 11.0. The second kappa shape index (κ2) is 6.10. The van der Waals surface area contributed by atoms with E-state index in [-0.39, 0.29) is 10.7 Å². The summed E-state index contributed by atoms with van der Waals surface area (Å²) in [5.74, 6) is -0.605. The molecule has 2 heterocycles. The molecule has 2 amide bonds. The molecule has 1 aliphatic rings. The van der Waals surface area contributed by atoms with Gasteiger partial charge in [-0.3, -0.25) is 19.8 Å². The Hall–Kier alpha value is -2.25. The molecule has 1 saturated heterocycles. The summed E-state index contributed by atoms with van der Waals surface area (Å²) in [5.41, 5.74) is 1.44. The van der Waals surface area contributed by atoms with Crippen LogP contribution in [0.2, 0.25) is 0 Å². The van der Waals surface area contributed by atoms with Gasteiger partial charge < -0.3 is 4.42 Å². The molecule has 2 aromatic rings. The van der Waals surface area contributed by atoms with Crippen LogP contribution in [0.1, 0.15) is 11.3 Å². The van der Waals surface area contributed by atoms with E-state index in [9.17, 15) is 9.59 Å². The Labute approximate surface area is 146 Å². The van der Waals surface area contributed by atoms with Crippen LogP contribution in [0.5, 0.6) is 0 Å². The van der Waals surface area contributed by atoms with Gasteiger partial charge in [-0.15, -0.1) is 0 Å². The Bertz CT molecular complexity index is 843. The number of aryl methyl sites for hydroxylation is 1. The molecule has 0 unspecified atom stereocenters. The standard InChI is InChI=1S/C16H11BrN2O3S/c1-9-7-10(17)4-5-13(9)19-15(21)12(14(20)18-16(19)23)8-11-3-2-6-22-11/h2-8H,1H3,(H,18,20,23). The first-order valence-corrected chi connectivity index (χ1v) is 7.88. The number of halogens is 1. The Kier molecular flexibility index (Phi) is 4.14. The fourth-order valence-electron chi connectivity index (χ4n) is 2.26. The van der Waals surface area contributed by atoms with Gasteiger partial charge in [0.15, 0.2) is 5.11 Å². The lowest BCUT2D eigenvalue weighted by Crippen LogP contribution is -2.54. The lowest BCUT2D eigenvalue weighted by Gasteiger charge is -2.29. The zero-order valence-electron chi connectivity index (χ0n) is 12.0. The number of hydrogen-bond acceptors (Lipinski definition) is 4. The van der Waals surface area contributed by atoms with Crippen LogP contribution >= 0.6 is 28.1 Å². The van der Waals surface area contributed by atoms with Crippen molar-refractivity contribution >= 4 is 56.8 Å². The van der Waals surface area contributed by atoms with E-state index in [1.807, 2.05) is 19.1 Å². The summed E-state index contributed by atoms with van der Waals surface area (Å²) >= 11 is 8.55. The van der Waals surface area contributed by atoms with E-state index in [4.69, 9.17) is 16.6 Å². The van der Waals surface area contributed by atoms with Gasteiger partial charge in [-0.1, -0.05) is 15.9 Å². The molecule has 1 aliphatic heterocycles. The maximum atomic E-state index is 12.8. The lowest BCUT2D eigenvalue weighted by molar-refractivity contribution is -0.122. The van der Waals surface area contributed by atoms with Gasteiger partial charge in [-0.05, 0) is 61.1 Å². The molecule has 7 heteroatoms. The van der Waals surface area contributed by atoms with E-state index < -0.39 is 11.8 Å². The summed E-state index contributed by atoms with van der Waals surface area (Å²) in [4.78, 5) is 26.2. The quantitative estimate of drug-likeness (QED) is 0.485. The number of hydrogen-bond donors (Lipinski definition) is 1. The Morgan fingerprint density at radius 3 is 2.74 bits per heavy atom. The highest BCUT2D eigenvalue weighted by atomic mass is 79.9.